The molecule has 17 heavy (non-hydrogen) atoms. The van der Waals surface area contributed by atoms with Crippen molar-refractivity contribution in [3.8, 4) is 0 Å². The molecule has 0 aliphatic carbocycles. The molecule has 2 unspecified atom stereocenters. The van der Waals surface area contributed by atoms with Gasteiger partial charge in [-0.1, -0.05) is 13.8 Å². The summed E-state index contributed by atoms with van der Waals surface area (Å²) in [6, 6.07) is 0.426. The molecule has 1 aliphatic rings. The van der Waals surface area contributed by atoms with Crippen LogP contribution in [0.3, 0.4) is 0 Å². The fraction of sp³-hybridized carbons (Fsp3) is 0.923. The van der Waals surface area contributed by atoms with Gasteiger partial charge in [-0.3, -0.25) is 9.69 Å². The van der Waals surface area contributed by atoms with Gasteiger partial charge in [-0.25, -0.2) is 0 Å². The first-order valence-electron chi connectivity index (χ1n) is 6.67. The van der Waals surface area contributed by atoms with Crippen LogP contribution in [0.5, 0.6) is 0 Å². The van der Waals surface area contributed by atoms with E-state index in [-0.39, 0.29) is 11.8 Å². The molecule has 0 aromatic rings. The lowest BCUT2D eigenvalue weighted by molar-refractivity contribution is -0.125. The summed E-state index contributed by atoms with van der Waals surface area (Å²) in [4.78, 5) is 13.5. The number of carbonyl (C=O) groups excluding carboxylic acids is 1. The molecule has 4 nitrogen and oxygen atoms in total. The zero-order valence-corrected chi connectivity index (χ0v) is 11.3. The minimum absolute atomic E-state index is 0.0517. The third-order valence-corrected chi connectivity index (χ3v) is 4.23. The van der Waals surface area contributed by atoms with Gasteiger partial charge in [-0.2, -0.15) is 0 Å². The van der Waals surface area contributed by atoms with Gasteiger partial charge in [-0.15, -0.1) is 0 Å². The number of β-amino-alcohol motifs (C(OH)–C–C–N with tert-alkyl or cyclic N) is 1. The lowest BCUT2D eigenvalue weighted by Gasteiger charge is -2.41. The van der Waals surface area contributed by atoms with E-state index < -0.39 is 5.60 Å². The van der Waals surface area contributed by atoms with E-state index >= 15 is 0 Å². The predicted molar refractivity (Wildman–Crippen MR) is 68.5 cm³/mol. The van der Waals surface area contributed by atoms with E-state index in [1.807, 2.05) is 13.8 Å². The van der Waals surface area contributed by atoms with Gasteiger partial charge in [-0.05, 0) is 32.6 Å². The first-order valence-corrected chi connectivity index (χ1v) is 6.67. The van der Waals surface area contributed by atoms with Crippen molar-refractivity contribution in [1.29, 1.82) is 0 Å². The normalized spacial score (nSPS) is 27.1. The summed E-state index contributed by atoms with van der Waals surface area (Å²) in [5, 5.41) is 10.4. The standard InChI is InChI=1S/C13H26N2O2/c1-4-13(17,5-2)9-15-8-11(12(14)16)7-6-10(15)3/h10-11,17H,4-9H2,1-3H3,(H2,14,16). The molecule has 100 valence electrons. The highest BCUT2D eigenvalue weighted by atomic mass is 16.3. The molecule has 0 aromatic carbocycles. The topological polar surface area (TPSA) is 66.6 Å². The van der Waals surface area contributed by atoms with Crippen LogP contribution in [0.15, 0.2) is 0 Å². The summed E-state index contributed by atoms with van der Waals surface area (Å²) in [5.74, 6) is -0.261. The van der Waals surface area contributed by atoms with E-state index in [4.69, 9.17) is 5.73 Å². The van der Waals surface area contributed by atoms with Crippen LogP contribution in [0.2, 0.25) is 0 Å². The summed E-state index contributed by atoms with van der Waals surface area (Å²) in [5.41, 5.74) is 4.74. The van der Waals surface area contributed by atoms with Crippen molar-refractivity contribution >= 4 is 5.91 Å². The second-order valence-corrected chi connectivity index (χ2v) is 5.39. The first kappa shape index (κ1) is 14.5. The highest BCUT2D eigenvalue weighted by Crippen LogP contribution is 2.25. The van der Waals surface area contributed by atoms with Crippen molar-refractivity contribution in [2.75, 3.05) is 13.1 Å². The van der Waals surface area contributed by atoms with Gasteiger partial charge in [0.05, 0.1) is 11.5 Å². The number of rotatable bonds is 5. The largest absolute Gasteiger partial charge is 0.389 e. The van der Waals surface area contributed by atoms with E-state index in [0.717, 1.165) is 25.7 Å². The van der Waals surface area contributed by atoms with Gasteiger partial charge in [0.25, 0.3) is 0 Å². The van der Waals surface area contributed by atoms with Crippen LogP contribution in [0.4, 0.5) is 0 Å². The zero-order chi connectivity index (χ0) is 13.1. The minimum Gasteiger partial charge on any atom is -0.389 e. The van der Waals surface area contributed by atoms with Crippen molar-refractivity contribution in [3.05, 3.63) is 0 Å². The maximum atomic E-state index is 11.2. The summed E-state index contributed by atoms with van der Waals surface area (Å²) in [6.07, 6.45) is 3.35. The average molecular weight is 242 g/mol. The Bertz CT molecular complexity index is 264. The number of hydrogen-bond acceptors (Lipinski definition) is 3. The molecule has 0 aromatic heterocycles. The van der Waals surface area contributed by atoms with Gasteiger partial charge in [0.2, 0.25) is 5.91 Å². The molecule has 2 atom stereocenters. The molecule has 1 amide bonds. The Morgan fingerprint density at radius 2 is 2.00 bits per heavy atom. The zero-order valence-electron chi connectivity index (χ0n) is 11.3. The number of piperidine rings is 1. The summed E-state index contributed by atoms with van der Waals surface area (Å²) in [6.45, 7) is 7.50. The van der Waals surface area contributed by atoms with Crippen LogP contribution in [0, 0.1) is 5.92 Å². The van der Waals surface area contributed by atoms with Crippen molar-refractivity contribution in [2.45, 2.75) is 58.1 Å². The van der Waals surface area contributed by atoms with Gasteiger partial charge in [0.1, 0.15) is 0 Å². The van der Waals surface area contributed by atoms with E-state index in [1.54, 1.807) is 0 Å². The SMILES string of the molecule is CCC(O)(CC)CN1CC(C(N)=O)CCC1C. The Morgan fingerprint density at radius 3 is 2.47 bits per heavy atom. The number of amides is 1. The van der Waals surface area contributed by atoms with Crippen LogP contribution < -0.4 is 5.73 Å². The number of primary amides is 1. The molecular formula is C13H26N2O2. The van der Waals surface area contributed by atoms with E-state index in [2.05, 4.69) is 11.8 Å². The van der Waals surface area contributed by atoms with Crippen LogP contribution in [0.25, 0.3) is 0 Å². The Labute approximate surface area is 104 Å². The quantitative estimate of drug-likeness (QED) is 0.759. The van der Waals surface area contributed by atoms with Gasteiger partial charge in [0.15, 0.2) is 0 Å². The molecule has 1 aliphatic heterocycles. The van der Waals surface area contributed by atoms with E-state index in [1.165, 1.54) is 0 Å². The van der Waals surface area contributed by atoms with Crippen molar-refractivity contribution in [1.82, 2.24) is 4.90 Å². The number of carbonyl (C=O) groups is 1. The second kappa shape index (κ2) is 5.83. The lowest BCUT2D eigenvalue weighted by atomic mass is 9.89. The summed E-state index contributed by atoms with van der Waals surface area (Å²) >= 11 is 0. The predicted octanol–water partition coefficient (Wildman–Crippen LogP) is 1.12. The number of aliphatic hydroxyl groups is 1. The molecule has 1 fully saturated rings. The van der Waals surface area contributed by atoms with Gasteiger partial charge in [0, 0.05) is 19.1 Å². The molecule has 1 rings (SSSR count). The summed E-state index contributed by atoms with van der Waals surface area (Å²) < 4.78 is 0. The minimum atomic E-state index is -0.631. The van der Waals surface area contributed by atoms with Crippen LogP contribution in [0.1, 0.15) is 46.5 Å². The van der Waals surface area contributed by atoms with E-state index in [0.29, 0.717) is 19.1 Å². The molecule has 0 spiro atoms. The third-order valence-electron chi connectivity index (χ3n) is 4.23. The Balaban J connectivity index is 2.64. The monoisotopic (exact) mass is 242 g/mol. The maximum Gasteiger partial charge on any atom is 0.221 e. The van der Waals surface area contributed by atoms with Crippen molar-refractivity contribution in [2.24, 2.45) is 11.7 Å². The molecule has 0 radical (unpaired) electrons. The molecule has 3 N–H and O–H groups in total. The van der Waals surface area contributed by atoms with Gasteiger partial charge >= 0.3 is 0 Å². The third kappa shape index (κ3) is 3.68. The van der Waals surface area contributed by atoms with Gasteiger partial charge < -0.3 is 10.8 Å². The highest BCUT2D eigenvalue weighted by molar-refractivity contribution is 5.76. The number of nitrogens with zero attached hydrogens (tertiary/aromatic N) is 1. The fourth-order valence-corrected chi connectivity index (χ4v) is 2.48. The van der Waals surface area contributed by atoms with E-state index in [9.17, 15) is 9.90 Å². The highest BCUT2D eigenvalue weighted by Gasteiger charge is 2.33. The molecule has 0 bridgehead atoms. The lowest BCUT2D eigenvalue weighted by Crippen LogP contribution is -2.52. The van der Waals surface area contributed by atoms with Crippen LogP contribution >= 0.6 is 0 Å². The Hall–Kier alpha value is -0.610. The van der Waals surface area contributed by atoms with Crippen LogP contribution in [-0.4, -0.2) is 40.6 Å². The maximum absolute atomic E-state index is 11.2. The molecule has 4 heteroatoms. The molecule has 0 saturated carbocycles. The average Bonchev–Trinajstić information content (AvgIpc) is 2.31. The Morgan fingerprint density at radius 1 is 1.41 bits per heavy atom. The molecule has 1 heterocycles. The second-order valence-electron chi connectivity index (χ2n) is 5.39. The molecular weight excluding hydrogens is 216 g/mol. The smallest absolute Gasteiger partial charge is 0.221 e. The summed E-state index contributed by atoms with van der Waals surface area (Å²) in [7, 11) is 0. The van der Waals surface area contributed by atoms with Crippen molar-refractivity contribution < 1.29 is 9.90 Å². The Kier molecular flexibility index (Phi) is 4.95. The number of nitrogens with two attached hydrogens (primary N) is 1. The molecule has 1 saturated heterocycles. The number of hydrogen-bond donors (Lipinski definition) is 2. The first-order chi connectivity index (χ1) is 7.91. The fourth-order valence-electron chi connectivity index (χ4n) is 2.48. The number of likely N-dealkylation sites (tertiary alicyclic amines) is 1. The van der Waals surface area contributed by atoms with Crippen molar-refractivity contribution in [3.63, 3.8) is 0 Å². The van der Waals surface area contributed by atoms with Crippen LogP contribution in [-0.2, 0) is 4.79 Å².